The van der Waals surface area contributed by atoms with Crippen molar-refractivity contribution in [3.05, 3.63) is 210 Å². The molecule has 0 atom stereocenters. The van der Waals surface area contributed by atoms with Crippen LogP contribution in [0, 0.1) is 0 Å². The number of hydrogen-bond donors (Lipinski definition) is 0. The molecule has 58 heavy (non-hydrogen) atoms. The SMILES string of the molecule is c1ccc(C2(c3ccccc3)c3ccccc3-c3ccc(-c4cc5c6ccc7c8ccccc8oc7c6n6c5c(c4)c4ccc5c7ccccc7oc5c46)cc32)cc1. The standard InChI is InChI=1S/C55H31NO2/c1-3-13-34(14-4-1)55(35-15-5-2-6-16-35)46-20-10-7-17-36(46)37-24-23-32(31-47(37)55)33-29-44-40-25-27-42-38-18-8-11-21-48(38)57-53(42)51(40)56-50(44)45(30-33)41-26-28-43-39-19-9-12-22-49(39)58-54(43)52(41)56/h1-31H. The van der Waals surface area contributed by atoms with Crippen LogP contribution in [0.2, 0.25) is 0 Å². The highest BCUT2D eigenvalue weighted by Gasteiger charge is 2.46. The maximum atomic E-state index is 6.80. The first-order chi connectivity index (χ1) is 28.8. The number of fused-ring (bicyclic) bond motifs is 17. The molecule has 3 nitrogen and oxygen atoms in total. The molecule has 0 unspecified atom stereocenters. The topological polar surface area (TPSA) is 30.7 Å². The minimum Gasteiger partial charge on any atom is -0.454 e. The summed E-state index contributed by atoms with van der Waals surface area (Å²) >= 11 is 0. The van der Waals surface area contributed by atoms with Gasteiger partial charge >= 0.3 is 0 Å². The van der Waals surface area contributed by atoms with Crippen LogP contribution in [0.1, 0.15) is 22.3 Å². The van der Waals surface area contributed by atoms with Crippen LogP contribution in [0.3, 0.4) is 0 Å². The molecule has 0 radical (unpaired) electrons. The molecule has 3 heteroatoms. The van der Waals surface area contributed by atoms with Gasteiger partial charge in [-0.05, 0) is 87.0 Å². The van der Waals surface area contributed by atoms with Crippen LogP contribution in [-0.4, -0.2) is 4.40 Å². The van der Waals surface area contributed by atoms with Gasteiger partial charge in [0.15, 0.2) is 11.2 Å². The summed E-state index contributed by atoms with van der Waals surface area (Å²) in [6.07, 6.45) is 0. The van der Waals surface area contributed by atoms with Gasteiger partial charge in [-0.3, -0.25) is 0 Å². The molecule has 0 saturated heterocycles. The highest BCUT2D eigenvalue weighted by molar-refractivity contribution is 6.32. The first kappa shape index (κ1) is 30.6. The number of furan rings is 2. The smallest absolute Gasteiger partial charge is 0.160 e. The predicted octanol–water partition coefficient (Wildman–Crippen LogP) is 14.7. The molecule has 0 spiro atoms. The number of aromatic nitrogens is 1. The lowest BCUT2D eigenvalue weighted by Gasteiger charge is -2.34. The van der Waals surface area contributed by atoms with Gasteiger partial charge in [0.2, 0.25) is 0 Å². The molecule has 4 heterocycles. The summed E-state index contributed by atoms with van der Waals surface area (Å²) in [4.78, 5) is 0. The Balaban J connectivity index is 1.12. The van der Waals surface area contributed by atoms with Crippen molar-refractivity contribution in [1.82, 2.24) is 4.40 Å². The molecular weight excluding hydrogens is 707 g/mol. The van der Waals surface area contributed by atoms with Crippen LogP contribution >= 0.6 is 0 Å². The Morgan fingerprint density at radius 3 is 1.43 bits per heavy atom. The largest absolute Gasteiger partial charge is 0.454 e. The molecule has 0 saturated carbocycles. The molecule has 1 aliphatic carbocycles. The second-order valence-electron chi connectivity index (χ2n) is 15.9. The van der Waals surface area contributed by atoms with Gasteiger partial charge in [0.25, 0.3) is 0 Å². The van der Waals surface area contributed by atoms with Crippen LogP contribution in [0.4, 0.5) is 0 Å². The normalized spacial score (nSPS) is 13.7. The zero-order chi connectivity index (χ0) is 37.7. The van der Waals surface area contributed by atoms with E-state index in [2.05, 4.69) is 180 Å². The molecule has 9 aromatic carbocycles. The third-order valence-electron chi connectivity index (χ3n) is 13.2. The van der Waals surface area contributed by atoms with E-state index in [4.69, 9.17) is 8.83 Å². The molecule has 14 rings (SSSR count). The maximum Gasteiger partial charge on any atom is 0.160 e. The van der Waals surface area contributed by atoms with E-state index in [1.807, 2.05) is 12.1 Å². The van der Waals surface area contributed by atoms with Crippen molar-refractivity contribution < 1.29 is 8.83 Å². The first-order valence-corrected chi connectivity index (χ1v) is 20.0. The Bertz CT molecular complexity index is 3650. The molecule has 13 aromatic rings. The zero-order valence-corrected chi connectivity index (χ0v) is 31.2. The van der Waals surface area contributed by atoms with Crippen LogP contribution < -0.4 is 0 Å². The molecule has 1 aliphatic rings. The monoisotopic (exact) mass is 737 g/mol. The Kier molecular flexibility index (Phi) is 5.70. The van der Waals surface area contributed by atoms with Crippen molar-refractivity contribution in [3.63, 3.8) is 0 Å². The van der Waals surface area contributed by atoms with Gasteiger partial charge in [0.05, 0.1) is 22.0 Å². The zero-order valence-electron chi connectivity index (χ0n) is 31.2. The number of benzene rings is 9. The second-order valence-corrected chi connectivity index (χ2v) is 15.9. The van der Waals surface area contributed by atoms with Gasteiger partial charge in [-0.2, -0.15) is 0 Å². The molecule has 0 bridgehead atoms. The van der Waals surface area contributed by atoms with E-state index in [0.717, 1.165) is 54.9 Å². The lowest BCUT2D eigenvalue weighted by molar-refractivity contribution is 0.670. The van der Waals surface area contributed by atoms with Gasteiger partial charge in [0.1, 0.15) is 11.2 Å². The summed E-state index contributed by atoms with van der Waals surface area (Å²) in [6, 6.07) is 68.8. The lowest BCUT2D eigenvalue weighted by Crippen LogP contribution is -2.28. The van der Waals surface area contributed by atoms with Crippen molar-refractivity contribution in [2.24, 2.45) is 0 Å². The van der Waals surface area contributed by atoms with E-state index in [-0.39, 0.29) is 0 Å². The number of para-hydroxylation sites is 2. The van der Waals surface area contributed by atoms with Crippen molar-refractivity contribution >= 4 is 82.0 Å². The Morgan fingerprint density at radius 1 is 0.328 bits per heavy atom. The molecule has 268 valence electrons. The van der Waals surface area contributed by atoms with E-state index < -0.39 is 5.41 Å². The minimum atomic E-state index is -0.478. The summed E-state index contributed by atoms with van der Waals surface area (Å²) in [5.41, 5.74) is 16.5. The predicted molar refractivity (Wildman–Crippen MR) is 238 cm³/mol. The van der Waals surface area contributed by atoms with Crippen molar-refractivity contribution in [2.45, 2.75) is 5.41 Å². The third-order valence-corrected chi connectivity index (χ3v) is 13.2. The van der Waals surface area contributed by atoms with E-state index in [1.165, 1.54) is 71.6 Å². The Morgan fingerprint density at radius 2 is 0.828 bits per heavy atom. The van der Waals surface area contributed by atoms with Crippen molar-refractivity contribution in [3.8, 4) is 22.3 Å². The van der Waals surface area contributed by atoms with Crippen molar-refractivity contribution in [1.29, 1.82) is 0 Å². The molecule has 0 amide bonds. The molecule has 0 N–H and O–H groups in total. The first-order valence-electron chi connectivity index (χ1n) is 20.0. The minimum absolute atomic E-state index is 0.478. The van der Waals surface area contributed by atoms with Gasteiger partial charge in [-0.15, -0.1) is 0 Å². The summed E-state index contributed by atoms with van der Waals surface area (Å²) in [6.45, 7) is 0. The lowest BCUT2D eigenvalue weighted by atomic mass is 9.67. The average molecular weight is 738 g/mol. The number of hydrogen-bond acceptors (Lipinski definition) is 2. The number of nitrogens with zero attached hydrogens (tertiary/aromatic N) is 1. The Labute approximate surface area is 331 Å². The average Bonchev–Trinajstić information content (AvgIpc) is 4.09. The van der Waals surface area contributed by atoms with Crippen LogP contribution in [0.15, 0.2) is 197 Å². The quantitative estimate of drug-likeness (QED) is 0.181. The molecule has 4 aromatic heterocycles. The van der Waals surface area contributed by atoms with Crippen molar-refractivity contribution in [2.75, 3.05) is 0 Å². The van der Waals surface area contributed by atoms with E-state index >= 15 is 0 Å². The highest BCUT2D eigenvalue weighted by atomic mass is 16.3. The van der Waals surface area contributed by atoms with Gasteiger partial charge < -0.3 is 13.2 Å². The van der Waals surface area contributed by atoms with Gasteiger partial charge in [-0.25, -0.2) is 0 Å². The molecule has 0 fully saturated rings. The maximum absolute atomic E-state index is 6.80. The van der Waals surface area contributed by atoms with Gasteiger partial charge in [-0.1, -0.05) is 146 Å². The van der Waals surface area contributed by atoms with E-state index in [0.29, 0.717) is 0 Å². The van der Waals surface area contributed by atoms with E-state index in [9.17, 15) is 0 Å². The summed E-state index contributed by atoms with van der Waals surface area (Å²) in [5, 5.41) is 9.21. The summed E-state index contributed by atoms with van der Waals surface area (Å²) in [5.74, 6) is 0. The third kappa shape index (κ3) is 3.65. The van der Waals surface area contributed by atoms with E-state index in [1.54, 1.807) is 0 Å². The number of rotatable bonds is 3. The van der Waals surface area contributed by atoms with Crippen LogP contribution in [0.5, 0.6) is 0 Å². The second kappa shape index (κ2) is 10.8. The molecule has 0 aliphatic heterocycles. The highest BCUT2D eigenvalue weighted by Crippen LogP contribution is 2.57. The Hall–Kier alpha value is -7.62. The molecular formula is C55H31NO2. The van der Waals surface area contributed by atoms with Crippen LogP contribution in [-0.2, 0) is 5.41 Å². The van der Waals surface area contributed by atoms with Gasteiger partial charge in [0, 0.05) is 43.1 Å². The van der Waals surface area contributed by atoms with Crippen LogP contribution in [0.25, 0.3) is 104 Å². The fourth-order valence-corrected chi connectivity index (χ4v) is 10.8. The fraction of sp³-hybridized carbons (Fsp3) is 0.0182. The summed E-state index contributed by atoms with van der Waals surface area (Å²) in [7, 11) is 0. The summed E-state index contributed by atoms with van der Waals surface area (Å²) < 4.78 is 16.0. The fourth-order valence-electron chi connectivity index (χ4n) is 10.8.